The van der Waals surface area contributed by atoms with E-state index in [1.54, 1.807) is 42.5 Å². The lowest BCUT2D eigenvalue weighted by Gasteiger charge is -2.15. The summed E-state index contributed by atoms with van der Waals surface area (Å²) in [4.78, 5) is 24.3. The summed E-state index contributed by atoms with van der Waals surface area (Å²) >= 11 is 5.23. The van der Waals surface area contributed by atoms with Crippen LogP contribution in [0.3, 0.4) is 0 Å². The minimum atomic E-state index is -0.331. The Balaban J connectivity index is 1.98. The van der Waals surface area contributed by atoms with Crippen LogP contribution in [0.25, 0.3) is 0 Å². The number of carbonyl (C=O) groups is 2. The molecule has 7 nitrogen and oxygen atoms in total. The molecule has 2 rings (SSSR count). The van der Waals surface area contributed by atoms with Crippen molar-refractivity contribution in [2.75, 3.05) is 24.4 Å². The third kappa shape index (κ3) is 6.73. The van der Waals surface area contributed by atoms with Gasteiger partial charge in [-0.25, -0.2) is 0 Å². The van der Waals surface area contributed by atoms with Crippen molar-refractivity contribution in [1.82, 2.24) is 5.32 Å². The minimum absolute atomic E-state index is 0.108. The highest BCUT2D eigenvalue weighted by atomic mass is 32.1. The van der Waals surface area contributed by atoms with Gasteiger partial charge in [0.05, 0.1) is 19.4 Å². The molecule has 30 heavy (non-hydrogen) atoms. The van der Waals surface area contributed by atoms with Gasteiger partial charge in [-0.05, 0) is 55.0 Å². The molecule has 0 atom stereocenters. The number of carbonyl (C=O) groups excluding carboxylic acids is 2. The third-order valence-electron chi connectivity index (χ3n) is 4.06. The van der Waals surface area contributed by atoms with Gasteiger partial charge in [0, 0.05) is 23.2 Å². The Kier molecular flexibility index (Phi) is 8.61. The fourth-order valence-electron chi connectivity index (χ4n) is 2.41. The average Bonchev–Trinajstić information content (AvgIpc) is 2.73. The normalized spacial score (nSPS) is 10.3. The van der Waals surface area contributed by atoms with Crippen molar-refractivity contribution >= 4 is 40.5 Å². The fourth-order valence-corrected chi connectivity index (χ4v) is 2.62. The molecule has 0 aliphatic rings. The first-order valence-corrected chi connectivity index (χ1v) is 10.1. The van der Waals surface area contributed by atoms with Crippen molar-refractivity contribution in [2.45, 2.75) is 27.2 Å². The summed E-state index contributed by atoms with van der Waals surface area (Å²) in [6.07, 6.45) is 0.915. The Bertz CT molecular complexity index is 898. The molecule has 0 aliphatic carbocycles. The van der Waals surface area contributed by atoms with E-state index in [4.69, 9.17) is 21.7 Å². The molecule has 2 amide bonds. The lowest BCUT2D eigenvalue weighted by Crippen LogP contribution is -2.34. The van der Waals surface area contributed by atoms with Crippen LogP contribution < -0.4 is 25.4 Å². The highest BCUT2D eigenvalue weighted by Crippen LogP contribution is 2.28. The number of hydrogen-bond acceptors (Lipinski definition) is 5. The zero-order valence-electron chi connectivity index (χ0n) is 17.6. The molecule has 0 heterocycles. The zero-order valence-corrected chi connectivity index (χ0v) is 18.4. The number of thiocarbonyl (C=S) groups is 1. The van der Waals surface area contributed by atoms with Gasteiger partial charge < -0.3 is 20.1 Å². The summed E-state index contributed by atoms with van der Waals surface area (Å²) < 4.78 is 10.9. The molecule has 0 spiro atoms. The molecule has 2 aromatic carbocycles. The number of benzene rings is 2. The molecule has 3 N–H and O–H groups in total. The number of anilines is 2. The van der Waals surface area contributed by atoms with Crippen LogP contribution in [0.2, 0.25) is 0 Å². The van der Waals surface area contributed by atoms with Gasteiger partial charge in [-0.1, -0.05) is 20.8 Å². The second kappa shape index (κ2) is 11.2. The Hall–Kier alpha value is -3.13. The number of hydrogen-bond donors (Lipinski definition) is 3. The number of rotatable bonds is 8. The SMILES string of the molecule is CCCOc1ccc(C(=O)NC(=S)Nc2ccc(NC(=O)C(C)C)c(OC)c2)cc1. The quantitative estimate of drug-likeness (QED) is 0.545. The summed E-state index contributed by atoms with van der Waals surface area (Å²) in [6, 6.07) is 12.0. The van der Waals surface area contributed by atoms with E-state index in [-0.39, 0.29) is 22.8 Å². The van der Waals surface area contributed by atoms with Gasteiger partial charge in [0.1, 0.15) is 11.5 Å². The maximum atomic E-state index is 12.4. The van der Waals surface area contributed by atoms with E-state index < -0.39 is 0 Å². The van der Waals surface area contributed by atoms with Crippen molar-refractivity contribution in [3.63, 3.8) is 0 Å². The Morgan fingerprint density at radius 1 is 1.07 bits per heavy atom. The Morgan fingerprint density at radius 2 is 1.77 bits per heavy atom. The summed E-state index contributed by atoms with van der Waals surface area (Å²) in [5, 5.41) is 8.53. The standard InChI is InChI=1S/C22H27N3O4S/c1-5-12-29-17-9-6-15(7-10-17)21(27)25-22(30)23-16-8-11-18(19(13-16)28-4)24-20(26)14(2)3/h6-11,13-14H,5,12H2,1-4H3,(H,24,26)(H2,23,25,27,30). The molecule has 160 valence electrons. The molecule has 0 aromatic heterocycles. The van der Waals surface area contributed by atoms with Crippen LogP contribution in [-0.4, -0.2) is 30.6 Å². The van der Waals surface area contributed by atoms with Crippen LogP contribution in [0.5, 0.6) is 11.5 Å². The van der Waals surface area contributed by atoms with Crippen LogP contribution >= 0.6 is 12.2 Å². The van der Waals surface area contributed by atoms with Gasteiger partial charge in [-0.3, -0.25) is 14.9 Å². The molecule has 0 saturated heterocycles. The van der Waals surface area contributed by atoms with E-state index >= 15 is 0 Å². The topological polar surface area (TPSA) is 88.7 Å². The van der Waals surface area contributed by atoms with E-state index in [0.29, 0.717) is 35.0 Å². The molecule has 0 radical (unpaired) electrons. The number of methoxy groups -OCH3 is 1. The first kappa shape index (κ1) is 23.2. The van der Waals surface area contributed by atoms with Crippen molar-refractivity contribution in [3.8, 4) is 11.5 Å². The first-order valence-electron chi connectivity index (χ1n) is 9.68. The van der Waals surface area contributed by atoms with Gasteiger partial charge in [0.25, 0.3) is 5.91 Å². The van der Waals surface area contributed by atoms with Gasteiger partial charge in [0.15, 0.2) is 5.11 Å². The summed E-state index contributed by atoms with van der Waals surface area (Å²) in [7, 11) is 1.51. The van der Waals surface area contributed by atoms with Crippen LogP contribution in [0.1, 0.15) is 37.6 Å². The fraction of sp³-hybridized carbons (Fsp3) is 0.318. The summed E-state index contributed by atoms with van der Waals surface area (Å²) in [5.41, 5.74) is 1.64. The molecule has 0 unspecified atom stereocenters. The van der Waals surface area contributed by atoms with E-state index in [2.05, 4.69) is 16.0 Å². The van der Waals surface area contributed by atoms with Gasteiger partial charge >= 0.3 is 0 Å². The van der Waals surface area contributed by atoms with Gasteiger partial charge in [-0.2, -0.15) is 0 Å². The van der Waals surface area contributed by atoms with Crippen LogP contribution in [-0.2, 0) is 4.79 Å². The number of ether oxygens (including phenoxy) is 2. The molecular weight excluding hydrogens is 402 g/mol. The number of amides is 2. The molecule has 0 fully saturated rings. The van der Waals surface area contributed by atoms with E-state index in [9.17, 15) is 9.59 Å². The maximum Gasteiger partial charge on any atom is 0.257 e. The number of nitrogens with one attached hydrogen (secondary N) is 3. The van der Waals surface area contributed by atoms with Crippen molar-refractivity contribution in [3.05, 3.63) is 48.0 Å². The lowest BCUT2D eigenvalue weighted by molar-refractivity contribution is -0.118. The Labute approximate surface area is 182 Å². The minimum Gasteiger partial charge on any atom is -0.494 e. The predicted molar refractivity (Wildman–Crippen MR) is 122 cm³/mol. The van der Waals surface area contributed by atoms with Crippen molar-refractivity contribution in [1.29, 1.82) is 0 Å². The van der Waals surface area contributed by atoms with Crippen molar-refractivity contribution in [2.24, 2.45) is 5.92 Å². The second-order valence-electron chi connectivity index (χ2n) is 6.84. The third-order valence-corrected chi connectivity index (χ3v) is 4.26. The molecule has 8 heteroatoms. The van der Waals surface area contributed by atoms with Crippen LogP contribution in [0.4, 0.5) is 11.4 Å². The molecule has 0 bridgehead atoms. The van der Waals surface area contributed by atoms with E-state index in [0.717, 1.165) is 6.42 Å². The Morgan fingerprint density at radius 3 is 2.37 bits per heavy atom. The molecule has 0 aliphatic heterocycles. The highest BCUT2D eigenvalue weighted by Gasteiger charge is 2.13. The summed E-state index contributed by atoms with van der Waals surface area (Å²) in [6.45, 7) is 6.28. The van der Waals surface area contributed by atoms with Crippen LogP contribution in [0, 0.1) is 5.92 Å². The first-order chi connectivity index (χ1) is 14.3. The predicted octanol–water partition coefficient (Wildman–Crippen LogP) is 4.21. The van der Waals surface area contributed by atoms with Gasteiger partial charge in [-0.15, -0.1) is 0 Å². The average molecular weight is 430 g/mol. The van der Waals surface area contributed by atoms with E-state index in [1.807, 2.05) is 20.8 Å². The molecule has 0 saturated carbocycles. The lowest BCUT2D eigenvalue weighted by atomic mass is 10.2. The second-order valence-corrected chi connectivity index (χ2v) is 7.25. The summed E-state index contributed by atoms with van der Waals surface area (Å²) in [5.74, 6) is 0.601. The zero-order chi connectivity index (χ0) is 22.1. The van der Waals surface area contributed by atoms with Crippen molar-refractivity contribution < 1.29 is 19.1 Å². The highest BCUT2D eigenvalue weighted by molar-refractivity contribution is 7.80. The monoisotopic (exact) mass is 429 g/mol. The maximum absolute atomic E-state index is 12.4. The molecular formula is C22H27N3O4S. The van der Waals surface area contributed by atoms with E-state index in [1.165, 1.54) is 7.11 Å². The van der Waals surface area contributed by atoms with Gasteiger partial charge in [0.2, 0.25) is 5.91 Å². The van der Waals surface area contributed by atoms with Crippen LogP contribution in [0.15, 0.2) is 42.5 Å². The molecule has 2 aromatic rings. The largest absolute Gasteiger partial charge is 0.494 e. The smallest absolute Gasteiger partial charge is 0.257 e.